The first-order chi connectivity index (χ1) is 13.6. The number of aromatic hydroxyl groups is 1. The summed E-state index contributed by atoms with van der Waals surface area (Å²) in [5, 5.41) is 16.2. The summed E-state index contributed by atoms with van der Waals surface area (Å²) < 4.78 is 25.2. The molecule has 0 bridgehead atoms. The first-order valence-corrected chi connectivity index (χ1v) is 9.37. The van der Waals surface area contributed by atoms with Crippen LogP contribution in [0.25, 0.3) is 11.3 Å². The molecule has 0 amide bonds. The highest BCUT2D eigenvalue weighted by atomic mass is 32.1. The second kappa shape index (κ2) is 9.29. The summed E-state index contributed by atoms with van der Waals surface area (Å²) in [6.45, 7) is 1.01. The summed E-state index contributed by atoms with van der Waals surface area (Å²) >= 11 is 1.44. The lowest BCUT2D eigenvalue weighted by Crippen LogP contribution is -2.13. The van der Waals surface area contributed by atoms with Crippen molar-refractivity contribution in [3.63, 3.8) is 0 Å². The zero-order valence-electron chi connectivity index (χ0n) is 15.5. The summed E-state index contributed by atoms with van der Waals surface area (Å²) in [6, 6.07) is 11.2. The highest BCUT2D eigenvalue weighted by Gasteiger charge is 2.08. The van der Waals surface area contributed by atoms with Crippen LogP contribution < -0.4 is 9.54 Å². The van der Waals surface area contributed by atoms with Gasteiger partial charge in [0, 0.05) is 18.1 Å². The maximum absolute atomic E-state index is 13.3. The zero-order chi connectivity index (χ0) is 19.9. The molecule has 2 aromatic carbocycles. The Bertz CT molecular complexity index is 1030. The van der Waals surface area contributed by atoms with E-state index in [9.17, 15) is 9.50 Å². The van der Waals surface area contributed by atoms with Crippen molar-refractivity contribution >= 4 is 17.6 Å². The van der Waals surface area contributed by atoms with Crippen molar-refractivity contribution < 1.29 is 19.0 Å². The van der Waals surface area contributed by atoms with Gasteiger partial charge in [0.2, 0.25) is 4.80 Å². The number of benzene rings is 2. The summed E-state index contributed by atoms with van der Waals surface area (Å²) in [4.78, 5) is 5.22. The van der Waals surface area contributed by atoms with Crippen LogP contribution in [0.1, 0.15) is 5.56 Å². The topological polar surface area (TPSA) is 68.3 Å². The average Bonchev–Trinajstić information content (AvgIpc) is 3.11. The third-order valence-electron chi connectivity index (χ3n) is 3.89. The highest BCUT2D eigenvalue weighted by molar-refractivity contribution is 7.07. The fourth-order valence-corrected chi connectivity index (χ4v) is 3.33. The molecule has 0 aliphatic carbocycles. The molecule has 3 aromatic rings. The molecule has 0 atom stereocenters. The van der Waals surface area contributed by atoms with E-state index in [2.05, 4.69) is 10.1 Å². The van der Waals surface area contributed by atoms with Gasteiger partial charge in [-0.15, -0.1) is 11.3 Å². The second-order valence-corrected chi connectivity index (χ2v) is 6.61. The molecule has 28 heavy (non-hydrogen) atoms. The van der Waals surface area contributed by atoms with Crippen LogP contribution in [0.4, 0.5) is 4.39 Å². The molecule has 1 heterocycles. The van der Waals surface area contributed by atoms with Gasteiger partial charge in [0.25, 0.3) is 0 Å². The molecule has 146 valence electrons. The minimum Gasteiger partial charge on any atom is -0.504 e. The lowest BCUT2D eigenvalue weighted by atomic mass is 10.2. The van der Waals surface area contributed by atoms with Crippen LogP contribution in [0.3, 0.4) is 0 Å². The minimum absolute atomic E-state index is 0.0603. The number of nitrogens with zero attached hydrogens (tertiary/aromatic N) is 3. The molecule has 0 aliphatic rings. The summed E-state index contributed by atoms with van der Waals surface area (Å²) in [5.41, 5.74) is 2.37. The summed E-state index contributed by atoms with van der Waals surface area (Å²) in [5.74, 6) is 0.128. The SMILES string of the molecule is COCCN=c1scc(-c2ccc(F)cc2)n1N=Cc1ccc(O)c(OC)c1. The van der Waals surface area contributed by atoms with Gasteiger partial charge in [-0.3, -0.25) is 4.99 Å². The average molecular weight is 401 g/mol. The van der Waals surface area contributed by atoms with Gasteiger partial charge < -0.3 is 14.6 Å². The van der Waals surface area contributed by atoms with E-state index in [1.54, 1.807) is 48.3 Å². The fourth-order valence-electron chi connectivity index (χ4n) is 2.47. The van der Waals surface area contributed by atoms with E-state index in [-0.39, 0.29) is 11.6 Å². The molecule has 1 aromatic heterocycles. The third kappa shape index (κ3) is 4.65. The van der Waals surface area contributed by atoms with Crippen LogP contribution >= 0.6 is 11.3 Å². The van der Waals surface area contributed by atoms with Crippen LogP contribution in [-0.2, 0) is 4.74 Å². The fraction of sp³-hybridized carbons (Fsp3) is 0.200. The number of hydrogen-bond acceptors (Lipinski definition) is 6. The first-order valence-electron chi connectivity index (χ1n) is 8.49. The number of halogens is 1. The zero-order valence-corrected chi connectivity index (χ0v) is 16.3. The Hall–Kier alpha value is -2.97. The smallest absolute Gasteiger partial charge is 0.206 e. The molecule has 0 fully saturated rings. The van der Waals surface area contributed by atoms with E-state index in [1.165, 1.54) is 30.6 Å². The second-order valence-electron chi connectivity index (χ2n) is 5.77. The number of hydrogen-bond donors (Lipinski definition) is 1. The quantitative estimate of drug-likeness (QED) is 0.487. The molecule has 3 rings (SSSR count). The van der Waals surface area contributed by atoms with Crippen molar-refractivity contribution in [2.24, 2.45) is 10.1 Å². The molecule has 0 radical (unpaired) electrons. The van der Waals surface area contributed by atoms with E-state index in [1.807, 2.05) is 5.38 Å². The highest BCUT2D eigenvalue weighted by Crippen LogP contribution is 2.26. The largest absolute Gasteiger partial charge is 0.504 e. The molecule has 0 saturated carbocycles. The molecule has 8 heteroatoms. The Balaban J connectivity index is 2.02. The number of aromatic nitrogens is 1. The van der Waals surface area contributed by atoms with E-state index < -0.39 is 0 Å². The van der Waals surface area contributed by atoms with Crippen LogP contribution in [0, 0.1) is 5.82 Å². The Morgan fingerprint density at radius 2 is 1.96 bits per heavy atom. The molecular weight excluding hydrogens is 381 g/mol. The summed E-state index contributed by atoms with van der Waals surface area (Å²) in [6.07, 6.45) is 1.65. The Labute approximate surface area is 165 Å². The molecule has 0 spiro atoms. The van der Waals surface area contributed by atoms with Gasteiger partial charge in [0.05, 0.1) is 32.2 Å². The molecule has 0 aliphatic heterocycles. The molecule has 0 unspecified atom stereocenters. The van der Waals surface area contributed by atoms with Crippen molar-refractivity contribution in [3.8, 4) is 22.8 Å². The van der Waals surface area contributed by atoms with Crippen LogP contribution in [0.15, 0.2) is 57.9 Å². The van der Waals surface area contributed by atoms with Gasteiger partial charge in [-0.2, -0.15) is 5.10 Å². The van der Waals surface area contributed by atoms with Gasteiger partial charge in [0.15, 0.2) is 11.5 Å². The van der Waals surface area contributed by atoms with Crippen LogP contribution in [0.2, 0.25) is 0 Å². The number of phenolic OH excluding ortho intramolecular Hbond substituents is 1. The molecular formula is C20H20FN3O3S. The molecule has 0 saturated heterocycles. The number of phenols is 1. The van der Waals surface area contributed by atoms with E-state index in [0.717, 1.165) is 16.8 Å². The van der Waals surface area contributed by atoms with Crippen molar-refractivity contribution in [3.05, 3.63) is 64.0 Å². The number of thiazole rings is 1. The van der Waals surface area contributed by atoms with Crippen LogP contribution in [0.5, 0.6) is 11.5 Å². The molecule has 6 nitrogen and oxygen atoms in total. The normalized spacial score (nSPS) is 12.0. The Morgan fingerprint density at radius 1 is 1.18 bits per heavy atom. The number of ether oxygens (including phenoxy) is 2. The van der Waals surface area contributed by atoms with Gasteiger partial charge in [0.1, 0.15) is 5.82 Å². The summed E-state index contributed by atoms with van der Waals surface area (Å²) in [7, 11) is 3.11. The van der Waals surface area contributed by atoms with Crippen molar-refractivity contribution in [2.75, 3.05) is 27.4 Å². The third-order valence-corrected chi connectivity index (χ3v) is 4.75. The van der Waals surface area contributed by atoms with Gasteiger partial charge in [-0.05, 0) is 48.0 Å². The maximum Gasteiger partial charge on any atom is 0.206 e. The maximum atomic E-state index is 13.3. The van der Waals surface area contributed by atoms with Gasteiger partial charge in [-0.25, -0.2) is 9.07 Å². The predicted molar refractivity (Wildman–Crippen MR) is 108 cm³/mol. The van der Waals surface area contributed by atoms with Crippen LogP contribution in [-0.4, -0.2) is 43.4 Å². The lowest BCUT2D eigenvalue weighted by Gasteiger charge is -2.05. The van der Waals surface area contributed by atoms with Crippen molar-refractivity contribution in [1.29, 1.82) is 0 Å². The minimum atomic E-state index is -0.296. The number of rotatable bonds is 7. The standard InChI is InChI=1S/C20H20FN3O3S/c1-26-10-9-22-20-24(17(13-28-20)15-4-6-16(21)7-5-15)23-12-14-3-8-18(25)19(11-14)27-2/h3-8,11-13,25H,9-10H2,1-2H3. The van der Waals surface area contributed by atoms with E-state index >= 15 is 0 Å². The van der Waals surface area contributed by atoms with Crippen molar-refractivity contribution in [2.45, 2.75) is 0 Å². The monoisotopic (exact) mass is 401 g/mol. The predicted octanol–water partition coefficient (Wildman–Crippen LogP) is 3.50. The number of methoxy groups -OCH3 is 2. The van der Waals surface area contributed by atoms with E-state index in [0.29, 0.717) is 23.7 Å². The Kier molecular flexibility index (Phi) is 6.57. The van der Waals surface area contributed by atoms with Crippen molar-refractivity contribution in [1.82, 2.24) is 4.68 Å². The molecule has 1 N–H and O–H groups in total. The van der Waals surface area contributed by atoms with Gasteiger partial charge in [-0.1, -0.05) is 0 Å². The lowest BCUT2D eigenvalue weighted by molar-refractivity contribution is 0.207. The first kappa shape index (κ1) is 19.8. The Morgan fingerprint density at radius 3 is 2.68 bits per heavy atom. The van der Waals surface area contributed by atoms with Gasteiger partial charge >= 0.3 is 0 Å². The van der Waals surface area contributed by atoms with E-state index in [4.69, 9.17) is 9.47 Å².